The molecule has 0 aromatic heterocycles. The highest BCUT2D eigenvalue weighted by molar-refractivity contribution is 5.28. The van der Waals surface area contributed by atoms with Crippen LogP contribution in [-0.2, 0) is 0 Å². The monoisotopic (exact) mass is 191 g/mol. The number of rotatable bonds is 2. The van der Waals surface area contributed by atoms with Crippen molar-refractivity contribution in [1.29, 1.82) is 0 Å². The highest BCUT2D eigenvalue weighted by Gasteiger charge is 2.24. The third kappa shape index (κ3) is 1.81. The van der Waals surface area contributed by atoms with Gasteiger partial charge in [-0.25, -0.2) is 0 Å². The Labute approximate surface area is 85.2 Å². The van der Waals surface area contributed by atoms with Gasteiger partial charge in [0.25, 0.3) is 0 Å². The summed E-state index contributed by atoms with van der Waals surface area (Å²) in [5.41, 5.74) is 2.40. The number of nitrogens with zero attached hydrogens (tertiary/aromatic N) is 1. The van der Waals surface area contributed by atoms with Gasteiger partial charge in [0.05, 0.1) is 6.10 Å². The molecule has 1 heterocycles. The van der Waals surface area contributed by atoms with Crippen molar-refractivity contribution in [3.8, 4) is 0 Å². The van der Waals surface area contributed by atoms with Gasteiger partial charge in [0.2, 0.25) is 0 Å². The molecule has 0 bridgehead atoms. The summed E-state index contributed by atoms with van der Waals surface area (Å²) >= 11 is 0. The molecule has 14 heavy (non-hydrogen) atoms. The van der Waals surface area contributed by atoms with Crippen molar-refractivity contribution < 1.29 is 5.11 Å². The normalized spacial score (nSPS) is 20.5. The van der Waals surface area contributed by atoms with Crippen LogP contribution in [0.15, 0.2) is 24.3 Å². The van der Waals surface area contributed by atoms with Crippen LogP contribution in [0.3, 0.4) is 0 Å². The van der Waals surface area contributed by atoms with Crippen LogP contribution in [0.25, 0.3) is 0 Å². The number of benzene rings is 1. The van der Waals surface area contributed by atoms with Crippen LogP contribution in [0.4, 0.5) is 0 Å². The van der Waals surface area contributed by atoms with Gasteiger partial charge >= 0.3 is 0 Å². The number of likely N-dealkylation sites (tertiary alicyclic amines) is 1. The standard InChI is InChI=1S/C12H17NO/c1-9(14)10-3-5-11(6-4-10)12-7-13(2)8-12/h3-6,9,12,14H,7-8H2,1-2H3. The largest absolute Gasteiger partial charge is 0.389 e. The fourth-order valence-electron chi connectivity index (χ4n) is 1.96. The molecule has 1 saturated heterocycles. The SMILES string of the molecule is CC(O)c1ccc(C2CN(C)C2)cc1. The zero-order valence-electron chi connectivity index (χ0n) is 8.77. The lowest BCUT2D eigenvalue weighted by molar-refractivity contribution is 0.189. The maximum atomic E-state index is 9.36. The van der Waals surface area contributed by atoms with Crippen LogP contribution in [-0.4, -0.2) is 30.1 Å². The molecule has 1 aliphatic heterocycles. The van der Waals surface area contributed by atoms with Crippen LogP contribution >= 0.6 is 0 Å². The molecule has 1 fully saturated rings. The maximum Gasteiger partial charge on any atom is 0.0761 e. The molecular weight excluding hydrogens is 174 g/mol. The van der Waals surface area contributed by atoms with Crippen LogP contribution in [0.5, 0.6) is 0 Å². The van der Waals surface area contributed by atoms with Gasteiger partial charge in [-0.1, -0.05) is 24.3 Å². The van der Waals surface area contributed by atoms with Gasteiger partial charge in [-0.3, -0.25) is 0 Å². The van der Waals surface area contributed by atoms with Crippen molar-refractivity contribution in [2.45, 2.75) is 18.9 Å². The molecule has 1 aromatic carbocycles. The Hall–Kier alpha value is -0.860. The number of aliphatic hydroxyl groups excluding tert-OH is 1. The molecule has 1 N–H and O–H groups in total. The van der Waals surface area contributed by atoms with Gasteiger partial charge in [0, 0.05) is 19.0 Å². The molecule has 2 nitrogen and oxygen atoms in total. The van der Waals surface area contributed by atoms with Crippen molar-refractivity contribution in [2.75, 3.05) is 20.1 Å². The molecule has 1 atom stereocenters. The minimum absolute atomic E-state index is 0.354. The van der Waals surface area contributed by atoms with E-state index in [2.05, 4.69) is 24.1 Å². The van der Waals surface area contributed by atoms with Gasteiger partial charge in [0.1, 0.15) is 0 Å². The summed E-state index contributed by atoms with van der Waals surface area (Å²) in [6.45, 7) is 4.12. The molecule has 0 amide bonds. The van der Waals surface area contributed by atoms with Gasteiger partial charge in [0.15, 0.2) is 0 Å². The van der Waals surface area contributed by atoms with Crippen molar-refractivity contribution in [1.82, 2.24) is 4.90 Å². The van der Waals surface area contributed by atoms with Crippen LogP contribution in [0.1, 0.15) is 30.1 Å². The third-order valence-electron chi connectivity index (χ3n) is 2.95. The molecule has 2 rings (SSSR count). The molecule has 2 heteroatoms. The number of likely N-dealkylation sites (N-methyl/N-ethyl adjacent to an activating group) is 1. The second kappa shape index (κ2) is 3.71. The van der Waals surface area contributed by atoms with Gasteiger partial charge in [-0.05, 0) is 25.1 Å². The number of aliphatic hydroxyl groups is 1. The van der Waals surface area contributed by atoms with Gasteiger partial charge in [-0.2, -0.15) is 0 Å². The predicted octanol–water partition coefficient (Wildman–Crippen LogP) is 1.77. The third-order valence-corrected chi connectivity index (χ3v) is 2.95. The Balaban J connectivity index is 2.07. The van der Waals surface area contributed by atoms with E-state index in [1.54, 1.807) is 6.92 Å². The summed E-state index contributed by atoms with van der Waals surface area (Å²) in [6.07, 6.45) is -0.354. The Kier molecular flexibility index (Phi) is 2.57. The molecule has 0 aliphatic carbocycles. The second-order valence-electron chi connectivity index (χ2n) is 4.26. The van der Waals surface area contributed by atoms with Crippen LogP contribution < -0.4 is 0 Å². The first kappa shape index (κ1) is 9.69. The molecule has 0 spiro atoms. The lowest BCUT2D eigenvalue weighted by Gasteiger charge is -2.36. The molecule has 0 saturated carbocycles. The zero-order valence-corrected chi connectivity index (χ0v) is 8.77. The van der Waals surface area contributed by atoms with Crippen LogP contribution in [0.2, 0.25) is 0 Å². The van der Waals surface area contributed by atoms with E-state index < -0.39 is 0 Å². The molecule has 0 radical (unpaired) electrons. The van der Waals surface area contributed by atoms with E-state index in [-0.39, 0.29) is 6.10 Å². The van der Waals surface area contributed by atoms with Gasteiger partial charge < -0.3 is 10.0 Å². The highest BCUT2D eigenvalue weighted by Crippen LogP contribution is 2.26. The van der Waals surface area contributed by atoms with Gasteiger partial charge in [-0.15, -0.1) is 0 Å². The van der Waals surface area contributed by atoms with Crippen molar-refractivity contribution >= 4 is 0 Å². The first-order valence-corrected chi connectivity index (χ1v) is 5.13. The molecular formula is C12H17NO. The molecule has 76 valence electrons. The number of hydrogen-bond donors (Lipinski definition) is 1. The first-order chi connectivity index (χ1) is 6.66. The minimum atomic E-state index is -0.354. The van der Waals surface area contributed by atoms with E-state index in [9.17, 15) is 5.11 Å². The number of hydrogen-bond acceptors (Lipinski definition) is 2. The lowest BCUT2D eigenvalue weighted by atomic mass is 9.91. The van der Waals surface area contributed by atoms with Crippen molar-refractivity contribution in [2.24, 2.45) is 0 Å². The summed E-state index contributed by atoms with van der Waals surface area (Å²) in [7, 11) is 2.14. The average Bonchev–Trinajstić information content (AvgIpc) is 2.13. The summed E-state index contributed by atoms with van der Waals surface area (Å²) < 4.78 is 0. The quantitative estimate of drug-likeness (QED) is 0.770. The fourth-order valence-corrected chi connectivity index (χ4v) is 1.96. The zero-order chi connectivity index (χ0) is 10.1. The first-order valence-electron chi connectivity index (χ1n) is 5.13. The second-order valence-corrected chi connectivity index (χ2v) is 4.26. The summed E-state index contributed by atoms with van der Waals surface area (Å²) in [5.74, 6) is 0.697. The lowest BCUT2D eigenvalue weighted by Crippen LogP contribution is -2.41. The summed E-state index contributed by atoms with van der Waals surface area (Å²) in [5, 5.41) is 9.36. The Bertz CT molecular complexity index is 299. The molecule has 1 unspecified atom stereocenters. The van der Waals surface area contributed by atoms with E-state index in [1.807, 2.05) is 12.1 Å². The average molecular weight is 191 g/mol. The van der Waals surface area contributed by atoms with E-state index in [0.29, 0.717) is 5.92 Å². The summed E-state index contributed by atoms with van der Waals surface area (Å²) in [6, 6.07) is 8.33. The topological polar surface area (TPSA) is 23.5 Å². The Morgan fingerprint density at radius 3 is 2.29 bits per heavy atom. The smallest absolute Gasteiger partial charge is 0.0761 e. The van der Waals surface area contributed by atoms with E-state index in [1.165, 1.54) is 5.56 Å². The molecule has 1 aromatic rings. The molecule has 1 aliphatic rings. The highest BCUT2D eigenvalue weighted by atomic mass is 16.3. The van der Waals surface area contributed by atoms with Crippen molar-refractivity contribution in [3.05, 3.63) is 35.4 Å². The Morgan fingerprint density at radius 1 is 1.29 bits per heavy atom. The van der Waals surface area contributed by atoms with Crippen LogP contribution in [0, 0.1) is 0 Å². The predicted molar refractivity (Wildman–Crippen MR) is 57.3 cm³/mol. The van der Waals surface area contributed by atoms with E-state index in [0.717, 1.165) is 18.7 Å². The maximum absolute atomic E-state index is 9.36. The summed E-state index contributed by atoms with van der Waals surface area (Å²) in [4.78, 5) is 2.31. The fraction of sp³-hybridized carbons (Fsp3) is 0.500. The van der Waals surface area contributed by atoms with E-state index >= 15 is 0 Å². The minimum Gasteiger partial charge on any atom is -0.389 e. The van der Waals surface area contributed by atoms with E-state index in [4.69, 9.17) is 0 Å². The Morgan fingerprint density at radius 2 is 1.86 bits per heavy atom. The van der Waals surface area contributed by atoms with Crippen molar-refractivity contribution in [3.63, 3.8) is 0 Å².